The van der Waals surface area contributed by atoms with Gasteiger partial charge in [0.25, 0.3) is 0 Å². The molecular formula is C15H24N4O. The van der Waals surface area contributed by atoms with Crippen molar-refractivity contribution in [2.75, 3.05) is 44.8 Å². The van der Waals surface area contributed by atoms with Crippen LogP contribution in [0.2, 0.25) is 0 Å². The van der Waals surface area contributed by atoms with E-state index in [0.29, 0.717) is 5.54 Å². The minimum absolute atomic E-state index is 0.407. The van der Waals surface area contributed by atoms with E-state index in [0.717, 1.165) is 32.2 Å². The summed E-state index contributed by atoms with van der Waals surface area (Å²) in [5, 5.41) is 0. The van der Waals surface area contributed by atoms with Crippen molar-refractivity contribution in [2.24, 2.45) is 0 Å². The average molecular weight is 276 g/mol. The van der Waals surface area contributed by atoms with E-state index in [9.17, 15) is 0 Å². The molecule has 0 aromatic carbocycles. The van der Waals surface area contributed by atoms with Crippen LogP contribution in [-0.2, 0) is 4.74 Å². The summed E-state index contributed by atoms with van der Waals surface area (Å²) in [6, 6.07) is 1.87. The quantitative estimate of drug-likeness (QED) is 0.835. The number of hydrogen-bond donors (Lipinski definition) is 0. The molecule has 0 radical (unpaired) electrons. The predicted octanol–water partition coefficient (Wildman–Crippen LogP) is 1.56. The molecule has 0 amide bonds. The van der Waals surface area contributed by atoms with Gasteiger partial charge in [-0.1, -0.05) is 0 Å². The summed E-state index contributed by atoms with van der Waals surface area (Å²) in [7, 11) is 1.79. The highest BCUT2D eigenvalue weighted by Crippen LogP contribution is 2.38. The second kappa shape index (κ2) is 6.06. The van der Waals surface area contributed by atoms with Crippen LogP contribution in [0.25, 0.3) is 0 Å². The molecule has 1 spiro atoms. The molecule has 110 valence electrons. The van der Waals surface area contributed by atoms with Crippen molar-refractivity contribution in [3.8, 4) is 0 Å². The number of hydrogen-bond acceptors (Lipinski definition) is 5. The van der Waals surface area contributed by atoms with Gasteiger partial charge in [-0.2, -0.15) is 0 Å². The molecular weight excluding hydrogens is 252 g/mol. The van der Waals surface area contributed by atoms with Gasteiger partial charge < -0.3 is 9.64 Å². The van der Waals surface area contributed by atoms with Crippen LogP contribution in [0.5, 0.6) is 0 Å². The summed E-state index contributed by atoms with van der Waals surface area (Å²) >= 11 is 0. The largest absolute Gasteiger partial charge is 0.383 e. The number of anilines is 1. The Kier molecular flexibility index (Phi) is 4.17. The van der Waals surface area contributed by atoms with Crippen LogP contribution >= 0.6 is 0 Å². The van der Waals surface area contributed by atoms with E-state index in [1.165, 1.54) is 32.2 Å². The molecule has 1 aromatic heterocycles. The lowest BCUT2D eigenvalue weighted by atomic mass is 9.85. The zero-order valence-electron chi connectivity index (χ0n) is 12.3. The molecule has 1 aromatic rings. The van der Waals surface area contributed by atoms with E-state index in [2.05, 4.69) is 19.8 Å². The fraction of sp³-hybridized carbons (Fsp3) is 0.733. The third kappa shape index (κ3) is 2.65. The second-order valence-electron chi connectivity index (χ2n) is 5.84. The summed E-state index contributed by atoms with van der Waals surface area (Å²) in [5.41, 5.74) is 0.407. The minimum Gasteiger partial charge on any atom is -0.383 e. The van der Waals surface area contributed by atoms with Gasteiger partial charge in [0.15, 0.2) is 0 Å². The molecule has 3 heterocycles. The third-order valence-corrected chi connectivity index (χ3v) is 4.84. The number of ether oxygens (including phenoxy) is 1. The molecule has 0 saturated carbocycles. The molecule has 0 unspecified atom stereocenters. The van der Waals surface area contributed by atoms with E-state index >= 15 is 0 Å². The van der Waals surface area contributed by atoms with Crippen molar-refractivity contribution in [3.63, 3.8) is 0 Å². The topological polar surface area (TPSA) is 41.5 Å². The number of piperidine rings is 1. The average Bonchev–Trinajstić information content (AvgIpc) is 2.89. The van der Waals surface area contributed by atoms with E-state index in [-0.39, 0.29) is 0 Å². The van der Waals surface area contributed by atoms with Gasteiger partial charge in [-0.05, 0) is 38.3 Å². The maximum Gasteiger partial charge on any atom is 0.225 e. The van der Waals surface area contributed by atoms with Crippen molar-refractivity contribution >= 4 is 5.95 Å². The van der Waals surface area contributed by atoms with Crippen LogP contribution in [-0.4, -0.2) is 60.3 Å². The van der Waals surface area contributed by atoms with Crippen molar-refractivity contribution in [3.05, 3.63) is 18.5 Å². The standard InChI is InChI=1S/C15H24N4O/c1-20-13-12-19-9-2-4-15(19)5-10-18(11-6-15)14-16-7-3-8-17-14/h3,7-8H,2,4-6,9-13H2,1H3. The van der Waals surface area contributed by atoms with Gasteiger partial charge in [0.1, 0.15) is 0 Å². The summed E-state index contributed by atoms with van der Waals surface area (Å²) in [5.74, 6) is 0.879. The molecule has 0 aliphatic carbocycles. The lowest BCUT2D eigenvalue weighted by Gasteiger charge is -2.45. The smallest absolute Gasteiger partial charge is 0.225 e. The molecule has 5 heteroatoms. The Morgan fingerprint density at radius 1 is 1.15 bits per heavy atom. The lowest BCUT2D eigenvalue weighted by molar-refractivity contribution is 0.0717. The third-order valence-electron chi connectivity index (χ3n) is 4.84. The van der Waals surface area contributed by atoms with E-state index < -0.39 is 0 Å². The fourth-order valence-electron chi connectivity index (χ4n) is 3.69. The molecule has 2 saturated heterocycles. The summed E-state index contributed by atoms with van der Waals surface area (Å²) in [4.78, 5) is 13.7. The van der Waals surface area contributed by atoms with Crippen molar-refractivity contribution in [1.82, 2.24) is 14.9 Å². The zero-order chi connectivity index (χ0) is 13.8. The minimum atomic E-state index is 0.407. The van der Waals surface area contributed by atoms with E-state index in [4.69, 9.17) is 4.74 Å². The first kappa shape index (κ1) is 13.8. The maximum absolute atomic E-state index is 5.26. The lowest BCUT2D eigenvalue weighted by Crippen LogP contribution is -2.53. The highest BCUT2D eigenvalue weighted by molar-refractivity contribution is 5.30. The Bertz CT molecular complexity index is 417. The molecule has 0 N–H and O–H groups in total. The normalized spacial score (nSPS) is 22.6. The Hall–Kier alpha value is -1.20. The van der Waals surface area contributed by atoms with Crippen LogP contribution in [0.3, 0.4) is 0 Å². The van der Waals surface area contributed by atoms with Gasteiger partial charge in [0.05, 0.1) is 6.61 Å². The molecule has 5 nitrogen and oxygen atoms in total. The SMILES string of the molecule is COCCN1CCCC12CCN(c1ncccn1)CC2. The van der Waals surface area contributed by atoms with Crippen molar-refractivity contribution in [1.29, 1.82) is 0 Å². The number of methoxy groups -OCH3 is 1. The monoisotopic (exact) mass is 276 g/mol. The zero-order valence-corrected chi connectivity index (χ0v) is 12.3. The van der Waals surface area contributed by atoms with Gasteiger partial charge in [-0.25, -0.2) is 9.97 Å². The van der Waals surface area contributed by atoms with Gasteiger partial charge in [-0.3, -0.25) is 4.90 Å². The van der Waals surface area contributed by atoms with Crippen LogP contribution in [0.4, 0.5) is 5.95 Å². The highest BCUT2D eigenvalue weighted by atomic mass is 16.5. The van der Waals surface area contributed by atoms with Crippen molar-refractivity contribution < 1.29 is 4.74 Å². The van der Waals surface area contributed by atoms with Crippen LogP contribution < -0.4 is 4.90 Å². The van der Waals surface area contributed by atoms with Gasteiger partial charge >= 0.3 is 0 Å². The molecule has 0 bridgehead atoms. The fourth-order valence-corrected chi connectivity index (χ4v) is 3.69. The van der Waals surface area contributed by atoms with Crippen LogP contribution in [0, 0.1) is 0 Å². The van der Waals surface area contributed by atoms with E-state index in [1.807, 2.05) is 18.5 Å². The van der Waals surface area contributed by atoms with Crippen LogP contribution in [0.15, 0.2) is 18.5 Å². The molecule has 2 aliphatic heterocycles. The van der Waals surface area contributed by atoms with E-state index in [1.54, 1.807) is 7.11 Å². The van der Waals surface area contributed by atoms with Crippen molar-refractivity contribution in [2.45, 2.75) is 31.2 Å². The number of aromatic nitrogens is 2. The molecule has 2 aliphatic rings. The summed E-state index contributed by atoms with van der Waals surface area (Å²) < 4.78 is 5.26. The molecule has 3 rings (SSSR count). The second-order valence-corrected chi connectivity index (χ2v) is 5.84. The maximum atomic E-state index is 5.26. The highest BCUT2D eigenvalue weighted by Gasteiger charge is 2.42. The Morgan fingerprint density at radius 2 is 1.90 bits per heavy atom. The molecule has 0 atom stereocenters. The Balaban J connectivity index is 1.62. The predicted molar refractivity (Wildman–Crippen MR) is 78.9 cm³/mol. The van der Waals surface area contributed by atoms with Crippen LogP contribution in [0.1, 0.15) is 25.7 Å². The van der Waals surface area contributed by atoms with Gasteiger partial charge in [0.2, 0.25) is 5.95 Å². The number of rotatable bonds is 4. The number of nitrogens with zero attached hydrogens (tertiary/aromatic N) is 4. The Labute approximate surface area is 121 Å². The number of likely N-dealkylation sites (tertiary alicyclic amines) is 1. The summed E-state index contributed by atoms with van der Waals surface area (Å²) in [6.07, 6.45) is 8.75. The molecule has 2 fully saturated rings. The van der Waals surface area contributed by atoms with Gasteiger partial charge in [0, 0.05) is 44.7 Å². The first-order valence-electron chi connectivity index (χ1n) is 7.60. The Morgan fingerprint density at radius 3 is 2.60 bits per heavy atom. The first-order valence-corrected chi connectivity index (χ1v) is 7.60. The van der Waals surface area contributed by atoms with Gasteiger partial charge in [-0.15, -0.1) is 0 Å². The summed E-state index contributed by atoms with van der Waals surface area (Å²) in [6.45, 7) is 5.26. The first-order chi connectivity index (χ1) is 9.84. The molecule has 20 heavy (non-hydrogen) atoms.